The molecule has 0 aliphatic heterocycles. The molecule has 1 aliphatic rings. The lowest BCUT2D eigenvalue weighted by atomic mass is 9.86. The summed E-state index contributed by atoms with van der Waals surface area (Å²) >= 11 is 0. The number of para-hydroxylation sites is 1. The van der Waals surface area contributed by atoms with E-state index in [0.717, 1.165) is 23.0 Å². The van der Waals surface area contributed by atoms with Gasteiger partial charge in [0.05, 0.1) is 11.1 Å². The Balaban J connectivity index is 1.67. The Morgan fingerprint density at radius 2 is 1.72 bits per heavy atom. The molecule has 0 saturated heterocycles. The standard InChI is InChI=1S/C25H29N3O/c1-16-12-17(2)14-19(13-16)26-24-15-21(20-9-5-7-11-23(20)27-24)25(29)28-22-10-6-4-8-18(22)3/h5,7,9,11-15,18,22H,4,6,8,10H2,1-3H3,(H,26,27)(H,28,29)/t18-,22+/m1/s1. The smallest absolute Gasteiger partial charge is 0.252 e. The minimum absolute atomic E-state index is 0.00850. The van der Waals surface area contributed by atoms with Crippen molar-refractivity contribution < 1.29 is 4.79 Å². The van der Waals surface area contributed by atoms with Gasteiger partial charge in [0.2, 0.25) is 0 Å². The second kappa shape index (κ2) is 8.24. The fourth-order valence-electron chi connectivity index (χ4n) is 4.40. The van der Waals surface area contributed by atoms with Gasteiger partial charge in [0.25, 0.3) is 5.91 Å². The molecule has 1 amide bonds. The van der Waals surface area contributed by atoms with E-state index in [9.17, 15) is 4.79 Å². The van der Waals surface area contributed by atoms with E-state index in [4.69, 9.17) is 4.98 Å². The van der Waals surface area contributed by atoms with Crippen molar-refractivity contribution in [1.82, 2.24) is 10.3 Å². The van der Waals surface area contributed by atoms with Gasteiger partial charge in [0.15, 0.2) is 0 Å². The van der Waals surface area contributed by atoms with Crippen LogP contribution in [0.2, 0.25) is 0 Å². The van der Waals surface area contributed by atoms with Gasteiger partial charge < -0.3 is 10.6 Å². The highest BCUT2D eigenvalue weighted by atomic mass is 16.1. The number of nitrogens with one attached hydrogen (secondary N) is 2. The van der Waals surface area contributed by atoms with Crippen molar-refractivity contribution in [3.8, 4) is 0 Å². The third kappa shape index (κ3) is 4.42. The topological polar surface area (TPSA) is 54.0 Å². The van der Waals surface area contributed by atoms with Gasteiger partial charge in [0.1, 0.15) is 5.82 Å². The van der Waals surface area contributed by atoms with Crippen molar-refractivity contribution in [3.05, 3.63) is 65.2 Å². The summed E-state index contributed by atoms with van der Waals surface area (Å²) in [6.07, 6.45) is 4.69. The Hall–Kier alpha value is -2.88. The van der Waals surface area contributed by atoms with Gasteiger partial charge in [-0.05, 0) is 68.0 Å². The minimum Gasteiger partial charge on any atom is -0.349 e. The Kier molecular flexibility index (Phi) is 5.52. The molecular formula is C25H29N3O. The largest absolute Gasteiger partial charge is 0.349 e. The number of pyridine rings is 1. The maximum atomic E-state index is 13.2. The fourth-order valence-corrected chi connectivity index (χ4v) is 4.40. The lowest BCUT2D eigenvalue weighted by Gasteiger charge is -2.29. The number of fused-ring (bicyclic) bond motifs is 1. The van der Waals surface area contributed by atoms with Crippen LogP contribution in [-0.4, -0.2) is 16.9 Å². The van der Waals surface area contributed by atoms with Crippen molar-refractivity contribution >= 4 is 28.3 Å². The molecule has 2 aromatic carbocycles. The molecule has 1 heterocycles. The molecule has 4 heteroatoms. The average molecular weight is 388 g/mol. The molecule has 0 radical (unpaired) electrons. The number of amides is 1. The Morgan fingerprint density at radius 1 is 1.00 bits per heavy atom. The van der Waals surface area contributed by atoms with Gasteiger partial charge in [0, 0.05) is 17.1 Å². The maximum Gasteiger partial charge on any atom is 0.252 e. The highest BCUT2D eigenvalue weighted by molar-refractivity contribution is 6.07. The summed E-state index contributed by atoms with van der Waals surface area (Å²) in [5, 5.41) is 7.57. The first-order valence-corrected chi connectivity index (χ1v) is 10.6. The van der Waals surface area contributed by atoms with E-state index in [-0.39, 0.29) is 11.9 Å². The maximum absolute atomic E-state index is 13.2. The van der Waals surface area contributed by atoms with Crippen molar-refractivity contribution in [2.75, 3.05) is 5.32 Å². The summed E-state index contributed by atoms with van der Waals surface area (Å²) in [6, 6.07) is 16.3. The third-order valence-electron chi connectivity index (χ3n) is 5.88. The molecule has 0 spiro atoms. The highest BCUT2D eigenvalue weighted by Crippen LogP contribution is 2.27. The van der Waals surface area contributed by atoms with Gasteiger partial charge in [-0.15, -0.1) is 0 Å². The summed E-state index contributed by atoms with van der Waals surface area (Å²) in [6.45, 7) is 6.40. The second-order valence-electron chi connectivity index (χ2n) is 8.42. The van der Waals surface area contributed by atoms with Crippen molar-refractivity contribution in [2.45, 2.75) is 52.5 Å². The third-order valence-corrected chi connectivity index (χ3v) is 5.88. The molecule has 1 saturated carbocycles. The lowest BCUT2D eigenvalue weighted by Crippen LogP contribution is -2.41. The van der Waals surface area contributed by atoms with Crippen LogP contribution in [0.25, 0.3) is 10.9 Å². The van der Waals surface area contributed by atoms with Crippen molar-refractivity contribution in [1.29, 1.82) is 0 Å². The normalized spacial score (nSPS) is 19.1. The number of benzene rings is 2. The van der Waals surface area contributed by atoms with Crippen LogP contribution >= 0.6 is 0 Å². The monoisotopic (exact) mass is 387 g/mol. The number of anilines is 2. The minimum atomic E-state index is -0.00850. The van der Waals surface area contributed by atoms with E-state index in [1.807, 2.05) is 30.3 Å². The quantitative estimate of drug-likeness (QED) is 0.586. The van der Waals surface area contributed by atoms with Crippen molar-refractivity contribution in [2.24, 2.45) is 5.92 Å². The molecule has 2 N–H and O–H groups in total. The molecule has 29 heavy (non-hydrogen) atoms. The zero-order chi connectivity index (χ0) is 20.4. The van der Waals surface area contributed by atoms with Gasteiger partial charge in [-0.25, -0.2) is 4.98 Å². The highest BCUT2D eigenvalue weighted by Gasteiger charge is 2.24. The molecular weight excluding hydrogens is 358 g/mol. The molecule has 1 aliphatic carbocycles. The number of carbonyl (C=O) groups excluding carboxylic acids is 1. The van der Waals surface area contributed by atoms with Gasteiger partial charge in [-0.3, -0.25) is 4.79 Å². The van der Waals surface area contributed by atoms with Crippen LogP contribution in [0.5, 0.6) is 0 Å². The lowest BCUT2D eigenvalue weighted by molar-refractivity contribution is 0.0912. The zero-order valence-electron chi connectivity index (χ0n) is 17.5. The van der Waals surface area contributed by atoms with Crippen LogP contribution in [0, 0.1) is 19.8 Å². The number of rotatable bonds is 4. The first kappa shape index (κ1) is 19.4. The number of nitrogens with zero attached hydrogens (tertiary/aromatic N) is 1. The second-order valence-corrected chi connectivity index (χ2v) is 8.42. The van der Waals surface area contributed by atoms with Crippen LogP contribution < -0.4 is 10.6 Å². The molecule has 0 bridgehead atoms. The molecule has 0 unspecified atom stereocenters. The predicted octanol–water partition coefficient (Wildman–Crippen LogP) is 5.90. The van der Waals surface area contributed by atoms with E-state index in [0.29, 0.717) is 17.3 Å². The van der Waals surface area contributed by atoms with E-state index < -0.39 is 0 Å². The summed E-state index contributed by atoms with van der Waals surface area (Å²) < 4.78 is 0. The Morgan fingerprint density at radius 3 is 2.48 bits per heavy atom. The molecule has 150 valence electrons. The van der Waals surface area contributed by atoms with Crippen LogP contribution in [-0.2, 0) is 0 Å². The molecule has 1 fully saturated rings. The summed E-state index contributed by atoms with van der Waals surface area (Å²) in [7, 11) is 0. The Bertz CT molecular complexity index is 1020. The van der Waals surface area contributed by atoms with Crippen LogP contribution in [0.1, 0.15) is 54.1 Å². The SMILES string of the molecule is Cc1cc(C)cc(Nc2cc(C(=O)N[C@H]3CCCC[C@H]3C)c3ccccc3n2)c1. The first-order chi connectivity index (χ1) is 14.0. The molecule has 2 atom stereocenters. The summed E-state index contributed by atoms with van der Waals surface area (Å²) in [5.41, 5.74) is 4.87. The van der Waals surface area contributed by atoms with E-state index >= 15 is 0 Å². The van der Waals surface area contributed by atoms with Crippen LogP contribution in [0.15, 0.2) is 48.5 Å². The fraction of sp³-hybridized carbons (Fsp3) is 0.360. The number of hydrogen-bond acceptors (Lipinski definition) is 3. The summed E-state index contributed by atoms with van der Waals surface area (Å²) in [4.78, 5) is 18.0. The van der Waals surface area contributed by atoms with Gasteiger partial charge in [-0.2, -0.15) is 0 Å². The number of carbonyl (C=O) groups is 1. The Labute approximate surface area is 172 Å². The van der Waals surface area contributed by atoms with Gasteiger partial charge in [-0.1, -0.05) is 44.0 Å². The average Bonchev–Trinajstić information content (AvgIpc) is 2.68. The predicted molar refractivity (Wildman–Crippen MR) is 120 cm³/mol. The van der Waals surface area contributed by atoms with Gasteiger partial charge >= 0.3 is 0 Å². The molecule has 3 aromatic rings. The molecule has 4 rings (SSSR count). The first-order valence-electron chi connectivity index (χ1n) is 10.6. The molecule has 1 aromatic heterocycles. The number of hydrogen-bond donors (Lipinski definition) is 2. The summed E-state index contributed by atoms with van der Waals surface area (Å²) in [5.74, 6) is 1.20. The van der Waals surface area contributed by atoms with Crippen molar-refractivity contribution in [3.63, 3.8) is 0 Å². The van der Waals surface area contributed by atoms with E-state index in [2.05, 4.69) is 49.6 Å². The van der Waals surface area contributed by atoms with E-state index in [1.54, 1.807) is 0 Å². The van der Waals surface area contributed by atoms with Crippen LogP contribution in [0.3, 0.4) is 0 Å². The van der Waals surface area contributed by atoms with E-state index in [1.165, 1.54) is 30.4 Å². The number of aryl methyl sites for hydroxylation is 2. The van der Waals surface area contributed by atoms with Crippen LogP contribution in [0.4, 0.5) is 11.5 Å². The number of aromatic nitrogens is 1. The zero-order valence-corrected chi connectivity index (χ0v) is 17.5. The molecule has 4 nitrogen and oxygen atoms in total.